The number of rotatable bonds is 3. The van der Waals surface area contributed by atoms with E-state index >= 15 is 0 Å². The van der Waals surface area contributed by atoms with Crippen LogP contribution in [0.3, 0.4) is 0 Å². The van der Waals surface area contributed by atoms with Crippen LogP contribution in [0.1, 0.15) is 17.4 Å². The Labute approximate surface area is 123 Å². The minimum absolute atomic E-state index is 0.0282. The predicted octanol–water partition coefficient (Wildman–Crippen LogP) is 2.29. The molecule has 1 saturated heterocycles. The Balaban J connectivity index is 1.94. The second kappa shape index (κ2) is 5.77. The molecule has 5 heteroatoms. The molecule has 0 spiro atoms. The average molecular weight is 291 g/mol. The molecule has 2 heterocycles. The first-order chi connectivity index (χ1) is 9.69. The van der Waals surface area contributed by atoms with Gasteiger partial charge in [0.25, 0.3) is 0 Å². The number of thioether (sulfide) groups is 1. The Hall–Kier alpha value is -1.01. The zero-order valence-electron chi connectivity index (χ0n) is 11.9. The van der Waals surface area contributed by atoms with Crippen molar-refractivity contribution < 1.29 is 4.42 Å². The second-order valence-corrected chi connectivity index (χ2v) is 6.61. The molecule has 4 nitrogen and oxygen atoms in total. The van der Waals surface area contributed by atoms with Gasteiger partial charge in [-0.1, -0.05) is 11.6 Å². The van der Waals surface area contributed by atoms with Crippen molar-refractivity contribution in [3.05, 3.63) is 35.6 Å². The van der Waals surface area contributed by atoms with Gasteiger partial charge in [0.05, 0.1) is 6.04 Å². The summed E-state index contributed by atoms with van der Waals surface area (Å²) in [5.74, 6) is 8.98. The summed E-state index contributed by atoms with van der Waals surface area (Å²) in [5, 5.41) is 1.14. The molecule has 20 heavy (non-hydrogen) atoms. The molecular weight excluding hydrogens is 270 g/mol. The lowest BCUT2D eigenvalue weighted by atomic mass is 10.1. The van der Waals surface area contributed by atoms with Gasteiger partial charge in [-0.2, -0.15) is 11.8 Å². The van der Waals surface area contributed by atoms with Crippen LogP contribution in [0.25, 0.3) is 11.0 Å². The highest BCUT2D eigenvalue weighted by Gasteiger charge is 2.30. The summed E-state index contributed by atoms with van der Waals surface area (Å²) in [6, 6.07) is 8.75. The highest BCUT2D eigenvalue weighted by atomic mass is 32.2. The number of aryl methyl sites for hydroxylation is 1. The molecule has 1 aromatic heterocycles. The summed E-state index contributed by atoms with van der Waals surface area (Å²) in [6.45, 7) is 3.18. The molecule has 0 radical (unpaired) electrons. The van der Waals surface area contributed by atoms with Gasteiger partial charge in [-0.15, -0.1) is 0 Å². The van der Waals surface area contributed by atoms with Crippen molar-refractivity contribution >= 4 is 22.7 Å². The lowest BCUT2D eigenvalue weighted by molar-refractivity contribution is 0.202. The number of hydrogen-bond acceptors (Lipinski definition) is 5. The number of nitrogens with one attached hydrogen (secondary N) is 1. The molecule has 2 unspecified atom stereocenters. The van der Waals surface area contributed by atoms with E-state index in [-0.39, 0.29) is 6.04 Å². The summed E-state index contributed by atoms with van der Waals surface area (Å²) in [6.07, 6.45) is 0. The van der Waals surface area contributed by atoms with E-state index in [1.807, 2.05) is 17.8 Å². The summed E-state index contributed by atoms with van der Waals surface area (Å²) in [5.41, 5.74) is 5.12. The van der Waals surface area contributed by atoms with E-state index in [9.17, 15) is 0 Å². The molecule has 2 atom stereocenters. The van der Waals surface area contributed by atoms with Crippen molar-refractivity contribution in [1.82, 2.24) is 10.3 Å². The molecule has 1 aromatic carbocycles. The van der Waals surface area contributed by atoms with Crippen LogP contribution in [0.5, 0.6) is 0 Å². The van der Waals surface area contributed by atoms with Crippen LogP contribution in [0.4, 0.5) is 0 Å². The van der Waals surface area contributed by atoms with Gasteiger partial charge in [0.15, 0.2) is 0 Å². The van der Waals surface area contributed by atoms with Crippen LogP contribution in [-0.2, 0) is 0 Å². The SMILES string of the molecule is Cc1ccc2oc(C(NN)C3CSCCN3C)cc2c1. The van der Waals surface area contributed by atoms with E-state index in [1.54, 1.807) is 0 Å². The topological polar surface area (TPSA) is 54.4 Å². The number of fused-ring (bicyclic) bond motifs is 1. The molecule has 0 amide bonds. The lowest BCUT2D eigenvalue weighted by Gasteiger charge is -2.36. The fourth-order valence-electron chi connectivity index (χ4n) is 2.78. The van der Waals surface area contributed by atoms with Crippen molar-refractivity contribution in [2.75, 3.05) is 25.1 Å². The summed E-state index contributed by atoms with van der Waals surface area (Å²) in [7, 11) is 2.15. The number of nitrogens with two attached hydrogens (primary N) is 1. The zero-order valence-corrected chi connectivity index (χ0v) is 12.7. The number of likely N-dealkylation sites (N-methyl/N-ethyl adjacent to an activating group) is 1. The molecule has 0 saturated carbocycles. The normalized spacial score (nSPS) is 22.2. The van der Waals surface area contributed by atoms with Gasteiger partial charge in [0.1, 0.15) is 11.3 Å². The molecule has 3 N–H and O–H groups in total. The molecule has 3 rings (SSSR count). The monoisotopic (exact) mass is 291 g/mol. The minimum atomic E-state index is 0.0282. The van der Waals surface area contributed by atoms with Crippen molar-refractivity contribution in [3.8, 4) is 0 Å². The Kier molecular flexibility index (Phi) is 4.03. The van der Waals surface area contributed by atoms with Gasteiger partial charge in [0.2, 0.25) is 0 Å². The van der Waals surface area contributed by atoms with Gasteiger partial charge in [-0.3, -0.25) is 10.7 Å². The van der Waals surface area contributed by atoms with E-state index < -0.39 is 0 Å². The maximum Gasteiger partial charge on any atom is 0.134 e. The smallest absolute Gasteiger partial charge is 0.134 e. The molecule has 2 aromatic rings. The summed E-state index contributed by atoms with van der Waals surface area (Å²) < 4.78 is 6.00. The molecule has 108 valence electrons. The van der Waals surface area contributed by atoms with E-state index in [0.717, 1.165) is 29.0 Å². The van der Waals surface area contributed by atoms with Crippen LogP contribution in [-0.4, -0.2) is 36.0 Å². The van der Waals surface area contributed by atoms with E-state index in [4.69, 9.17) is 10.3 Å². The first-order valence-corrected chi connectivity index (χ1v) is 8.08. The standard InChI is InChI=1S/C15H21N3OS/c1-10-3-4-13-11(7-10)8-14(19-13)15(17-16)12-9-20-6-5-18(12)2/h3-4,7-8,12,15,17H,5-6,9,16H2,1-2H3. The Morgan fingerprint density at radius 3 is 3.05 bits per heavy atom. The fourth-order valence-corrected chi connectivity index (χ4v) is 4.05. The van der Waals surface area contributed by atoms with Crippen LogP contribution in [0, 0.1) is 6.92 Å². The van der Waals surface area contributed by atoms with Gasteiger partial charge in [-0.05, 0) is 32.2 Å². The number of furan rings is 1. The molecule has 1 aliphatic heterocycles. The summed E-state index contributed by atoms with van der Waals surface area (Å²) >= 11 is 1.98. The fraction of sp³-hybridized carbons (Fsp3) is 0.467. The quantitative estimate of drug-likeness (QED) is 0.671. The number of nitrogens with zero attached hydrogens (tertiary/aromatic N) is 1. The zero-order chi connectivity index (χ0) is 14.1. The average Bonchev–Trinajstić information content (AvgIpc) is 2.84. The van der Waals surface area contributed by atoms with Gasteiger partial charge in [-0.25, -0.2) is 5.43 Å². The first-order valence-electron chi connectivity index (χ1n) is 6.93. The maximum atomic E-state index is 6.00. The van der Waals surface area contributed by atoms with Crippen molar-refractivity contribution in [2.24, 2.45) is 5.84 Å². The highest BCUT2D eigenvalue weighted by molar-refractivity contribution is 7.99. The van der Waals surface area contributed by atoms with Gasteiger partial charge >= 0.3 is 0 Å². The van der Waals surface area contributed by atoms with E-state index in [2.05, 4.69) is 42.5 Å². The third-order valence-electron chi connectivity index (χ3n) is 4.00. The largest absolute Gasteiger partial charge is 0.459 e. The Morgan fingerprint density at radius 1 is 1.45 bits per heavy atom. The Bertz CT molecular complexity index is 598. The number of benzene rings is 1. The highest BCUT2D eigenvalue weighted by Crippen LogP contribution is 2.30. The lowest BCUT2D eigenvalue weighted by Crippen LogP contribution is -2.49. The van der Waals surface area contributed by atoms with Gasteiger partial charge in [0, 0.05) is 29.5 Å². The van der Waals surface area contributed by atoms with Crippen molar-refractivity contribution in [3.63, 3.8) is 0 Å². The second-order valence-electron chi connectivity index (χ2n) is 5.46. The maximum absolute atomic E-state index is 6.00. The molecule has 1 aliphatic rings. The molecular formula is C15H21N3OS. The van der Waals surface area contributed by atoms with E-state index in [1.165, 1.54) is 11.3 Å². The first kappa shape index (κ1) is 13.9. The number of hydrogen-bond donors (Lipinski definition) is 2. The van der Waals surface area contributed by atoms with Crippen LogP contribution < -0.4 is 11.3 Å². The van der Waals surface area contributed by atoms with Crippen LogP contribution in [0.2, 0.25) is 0 Å². The molecule has 0 aliphatic carbocycles. The number of hydrazine groups is 1. The molecule has 1 fully saturated rings. The predicted molar refractivity (Wildman–Crippen MR) is 84.8 cm³/mol. The third-order valence-corrected chi connectivity index (χ3v) is 5.05. The molecule has 0 bridgehead atoms. The van der Waals surface area contributed by atoms with Gasteiger partial charge < -0.3 is 4.42 Å². The van der Waals surface area contributed by atoms with Crippen LogP contribution >= 0.6 is 11.8 Å². The minimum Gasteiger partial charge on any atom is -0.459 e. The summed E-state index contributed by atoms with van der Waals surface area (Å²) in [4.78, 5) is 2.36. The van der Waals surface area contributed by atoms with Crippen molar-refractivity contribution in [1.29, 1.82) is 0 Å². The van der Waals surface area contributed by atoms with E-state index in [0.29, 0.717) is 6.04 Å². The van der Waals surface area contributed by atoms with Crippen LogP contribution in [0.15, 0.2) is 28.7 Å². The van der Waals surface area contributed by atoms with Crippen molar-refractivity contribution in [2.45, 2.75) is 19.0 Å². The Morgan fingerprint density at radius 2 is 2.30 bits per heavy atom. The third kappa shape index (κ3) is 2.59.